The van der Waals surface area contributed by atoms with Crippen LogP contribution in [-0.4, -0.2) is 17.0 Å². The van der Waals surface area contributed by atoms with Gasteiger partial charge < -0.3 is 10.4 Å². The van der Waals surface area contributed by atoms with E-state index in [9.17, 15) is 9.59 Å². The van der Waals surface area contributed by atoms with Crippen LogP contribution >= 0.6 is 0 Å². The van der Waals surface area contributed by atoms with E-state index < -0.39 is 5.97 Å². The van der Waals surface area contributed by atoms with Crippen LogP contribution in [0.4, 0.5) is 0 Å². The number of carboxylic acids is 1. The molecule has 4 heteroatoms. The number of aliphatic carboxylic acids is 1. The summed E-state index contributed by atoms with van der Waals surface area (Å²) in [5.41, 5.74) is 1.92. The first-order valence-corrected chi connectivity index (χ1v) is 6.28. The predicted octanol–water partition coefficient (Wildman–Crippen LogP) is 2.24. The Labute approximate surface area is 117 Å². The fraction of sp³-hybridized carbons (Fsp3) is 0.125. The van der Waals surface area contributed by atoms with Crippen LogP contribution in [-0.2, 0) is 17.8 Å². The van der Waals surface area contributed by atoms with Crippen molar-refractivity contribution in [1.82, 2.24) is 5.32 Å². The SMILES string of the molecule is O=C(O)Cc1ccccc1C(=O)NCc1ccccc1. The lowest BCUT2D eigenvalue weighted by atomic mass is 10.0. The van der Waals surface area contributed by atoms with E-state index in [1.165, 1.54) is 0 Å². The smallest absolute Gasteiger partial charge is 0.307 e. The van der Waals surface area contributed by atoms with Crippen molar-refractivity contribution in [2.45, 2.75) is 13.0 Å². The summed E-state index contributed by atoms with van der Waals surface area (Å²) in [6, 6.07) is 16.3. The maximum absolute atomic E-state index is 12.1. The lowest BCUT2D eigenvalue weighted by molar-refractivity contribution is -0.136. The Hall–Kier alpha value is -2.62. The number of carbonyl (C=O) groups is 2. The maximum Gasteiger partial charge on any atom is 0.307 e. The van der Waals surface area contributed by atoms with Gasteiger partial charge >= 0.3 is 5.97 Å². The molecule has 2 rings (SSSR count). The van der Waals surface area contributed by atoms with Gasteiger partial charge in [-0.25, -0.2) is 0 Å². The maximum atomic E-state index is 12.1. The van der Waals surface area contributed by atoms with Crippen LogP contribution in [0.2, 0.25) is 0 Å². The third-order valence-corrected chi connectivity index (χ3v) is 2.90. The minimum Gasteiger partial charge on any atom is -0.481 e. The molecular formula is C16H15NO3. The molecule has 2 aromatic rings. The van der Waals surface area contributed by atoms with Gasteiger partial charge in [0.1, 0.15) is 0 Å². The third kappa shape index (κ3) is 3.68. The third-order valence-electron chi connectivity index (χ3n) is 2.90. The topological polar surface area (TPSA) is 66.4 Å². The molecule has 102 valence electrons. The molecule has 0 radical (unpaired) electrons. The lowest BCUT2D eigenvalue weighted by Gasteiger charge is -2.09. The second-order valence-corrected chi connectivity index (χ2v) is 4.40. The number of hydrogen-bond donors (Lipinski definition) is 2. The molecule has 2 aromatic carbocycles. The van der Waals surface area contributed by atoms with Crippen molar-refractivity contribution < 1.29 is 14.7 Å². The fourth-order valence-electron chi connectivity index (χ4n) is 1.93. The van der Waals surface area contributed by atoms with Gasteiger partial charge in [-0.15, -0.1) is 0 Å². The van der Waals surface area contributed by atoms with Gasteiger partial charge in [-0.3, -0.25) is 9.59 Å². The Kier molecular flexibility index (Phi) is 4.50. The Morgan fingerprint density at radius 3 is 2.30 bits per heavy atom. The molecule has 0 unspecified atom stereocenters. The Bertz CT molecular complexity index is 608. The zero-order chi connectivity index (χ0) is 14.4. The number of benzene rings is 2. The number of amides is 1. The molecule has 2 N–H and O–H groups in total. The van der Waals surface area contributed by atoms with E-state index in [2.05, 4.69) is 5.32 Å². The molecule has 0 saturated carbocycles. The van der Waals surface area contributed by atoms with Crippen LogP contribution < -0.4 is 5.32 Å². The van der Waals surface area contributed by atoms with Gasteiger partial charge in [0, 0.05) is 12.1 Å². The molecule has 0 spiro atoms. The first-order valence-electron chi connectivity index (χ1n) is 6.28. The molecule has 0 aliphatic rings. The molecule has 1 amide bonds. The zero-order valence-electron chi connectivity index (χ0n) is 10.9. The highest BCUT2D eigenvalue weighted by atomic mass is 16.4. The molecule has 4 nitrogen and oxygen atoms in total. The van der Waals surface area contributed by atoms with Gasteiger partial charge in [-0.2, -0.15) is 0 Å². The standard InChI is InChI=1S/C16H15NO3/c18-15(19)10-13-8-4-5-9-14(13)16(20)17-11-12-6-2-1-3-7-12/h1-9H,10-11H2,(H,17,20)(H,18,19). The van der Waals surface area contributed by atoms with E-state index in [-0.39, 0.29) is 12.3 Å². The van der Waals surface area contributed by atoms with Crippen LogP contribution in [0, 0.1) is 0 Å². The monoisotopic (exact) mass is 269 g/mol. The van der Waals surface area contributed by atoms with Crippen molar-refractivity contribution >= 4 is 11.9 Å². The van der Waals surface area contributed by atoms with Crippen LogP contribution in [0.1, 0.15) is 21.5 Å². The Morgan fingerprint density at radius 2 is 1.60 bits per heavy atom. The van der Waals surface area contributed by atoms with Gasteiger partial charge in [0.2, 0.25) is 0 Å². The minimum absolute atomic E-state index is 0.158. The summed E-state index contributed by atoms with van der Waals surface area (Å²) in [6.45, 7) is 0.418. The largest absolute Gasteiger partial charge is 0.481 e. The first kappa shape index (κ1) is 13.8. The summed E-state index contributed by atoms with van der Waals surface area (Å²) < 4.78 is 0. The molecule has 0 fully saturated rings. The van der Waals surface area contributed by atoms with Crippen LogP contribution in [0.25, 0.3) is 0 Å². The van der Waals surface area contributed by atoms with Gasteiger partial charge in [-0.1, -0.05) is 48.5 Å². The van der Waals surface area contributed by atoms with Gasteiger partial charge in [0.15, 0.2) is 0 Å². The molecule has 0 bridgehead atoms. The first-order chi connectivity index (χ1) is 9.66. The van der Waals surface area contributed by atoms with E-state index in [1.54, 1.807) is 24.3 Å². The average molecular weight is 269 g/mol. The van der Waals surface area contributed by atoms with Gasteiger partial charge in [0.05, 0.1) is 6.42 Å². The summed E-state index contributed by atoms with van der Waals surface area (Å²) in [6.07, 6.45) is -0.158. The predicted molar refractivity (Wildman–Crippen MR) is 75.4 cm³/mol. The number of carbonyl (C=O) groups excluding carboxylic acids is 1. The number of nitrogens with one attached hydrogen (secondary N) is 1. The van der Waals surface area contributed by atoms with Gasteiger partial charge in [0.25, 0.3) is 5.91 Å². The summed E-state index contributed by atoms with van der Waals surface area (Å²) in [4.78, 5) is 22.9. The average Bonchev–Trinajstić information content (AvgIpc) is 2.46. The second-order valence-electron chi connectivity index (χ2n) is 4.40. The van der Waals surface area contributed by atoms with Crippen molar-refractivity contribution in [3.63, 3.8) is 0 Å². The Balaban J connectivity index is 2.07. The summed E-state index contributed by atoms with van der Waals surface area (Å²) >= 11 is 0. The molecule has 0 heterocycles. The minimum atomic E-state index is -0.951. The zero-order valence-corrected chi connectivity index (χ0v) is 10.9. The normalized spacial score (nSPS) is 10.0. The van der Waals surface area contributed by atoms with Crippen molar-refractivity contribution in [2.75, 3.05) is 0 Å². The Morgan fingerprint density at radius 1 is 0.950 bits per heavy atom. The van der Waals surface area contributed by atoms with Crippen molar-refractivity contribution in [3.05, 3.63) is 71.3 Å². The number of rotatable bonds is 5. The highest BCUT2D eigenvalue weighted by Gasteiger charge is 2.12. The fourth-order valence-corrected chi connectivity index (χ4v) is 1.93. The van der Waals surface area contributed by atoms with Crippen molar-refractivity contribution in [3.8, 4) is 0 Å². The molecule has 0 aromatic heterocycles. The van der Waals surface area contributed by atoms with E-state index in [4.69, 9.17) is 5.11 Å². The number of carboxylic acid groups (broad SMARTS) is 1. The van der Waals surface area contributed by atoms with E-state index in [0.29, 0.717) is 17.7 Å². The highest BCUT2D eigenvalue weighted by molar-refractivity contribution is 5.96. The summed E-state index contributed by atoms with van der Waals surface area (Å²) in [5, 5.41) is 11.6. The molecular weight excluding hydrogens is 254 g/mol. The van der Waals surface area contributed by atoms with Crippen LogP contribution in [0.3, 0.4) is 0 Å². The van der Waals surface area contributed by atoms with Crippen LogP contribution in [0.5, 0.6) is 0 Å². The summed E-state index contributed by atoms with van der Waals surface area (Å²) in [7, 11) is 0. The quantitative estimate of drug-likeness (QED) is 0.874. The molecule has 0 atom stereocenters. The lowest BCUT2D eigenvalue weighted by Crippen LogP contribution is -2.24. The van der Waals surface area contributed by atoms with Gasteiger partial charge in [-0.05, 0) is 17.2 Å². The second kappa shape index (κ2) is 6.52. The number of hydrogen-bond acceptors (Lipinski definition) is 2. The highest BCUT2D eigenvalue weighted by Crippen LogP contribution is 2.10. The van der Waals surface area contributed by atoms with Crippen molar-refractivity contribution in [2.24, 2.45) is 0 Å². The molecule has 0 aliphatic heterocycles. The van der Waals surface area contributed by atoms with E-state index in [0.717, 1.165) is 5.56 Å². The van der Waals surface area contributed by atoms with Crippen LogP contribution in [0.15, 0.2) is 54.6 Å². The molecule has 0 aliphatic carbocycles. The summed E-state index contributed by atoms with van der Waals surface area (Å²) in [5.74, 6) is -1.21. The molecule has 0 saturated heterocycles. The van der Waals surface area contributed by atoms with E-state index in [1.807, 2.05) is 30.3 Å². The van der Waals surface area contributed by atoms with E-state index >= 15 is 0 Å². The molecule has 20 heavy (non-hydrogen) atoms. The van der Waals surface area contributed by atoms with Crippen molar-refractivity contribution in [1.29, 1.82) is 0 Å².